The summed E-state index contributed by atoms with van der Waals surface area (Å²) in [5.41, 5.74) is 1.34. The average Bonchev–Trinajstić information content (AvgIpc) is 2.84. The first kappa shape index (κ1) is 13.0. The summed E-state index contributed by atoms with van der Waals surface area (Å²) >= 11 is 3.34. The summed E-state index contributed by atoms with van der Waals surface area (Å²) in [7, 11) is 0. The molecule has 0 atom stereocenters. The number of carbonyl (C=O) groups is 1. The third-order valence-corrected chi connectivity index (χ3v) is 3.56. The summed E-state index contributed by atoms with van der Waals surface area (Å²) in [6.07, 6.45) is 1.57. The number of H-pyrrole nitrogens is 1. The topological polar surface area (TPSA) is 32.9 Å². The van der Waals surface area contributed by atoms with Gasteiger partial charge < -0.3 is 4.98 Å². The van der Waals surface area contributed by atoms with E-state index in [0.717, 1.165) is 27.5 Å². The van der Waals surface area contributed by atoms with Crippen molar-refractivity contribution < 1.29 is 13.6 Å². The van der Waals surface area contributed by atoms with E-state index in [-0.39, 0.29) is 11.3 Å². The van der Waals surface area contributed by atoms with Crippen molar-refractivity contribution in [2.24, 2.45) is 0 Å². The molecule has 0 aliphatic heterocycles. The molecule has 2 nitrogen and oxygen atoms in total. The Morgan fingerprint density at radius 1 is 1.05 bits per heavy atom. The number of fused-ring (bicyclic) bond motifs is 1. The zero-order chi connectivity index (χ0) is 14.3. The highest BCUT2D eigenvalue weighted by Crippen LogP contribution is 2.25. The van der Waals surface area contributed by atoms with Crippen molar-refractivity contribution in [2.45, 2.75) is 0 Å². The number of hydrogen-bond acceptors (Lipinski definition) is 1. The van der Waals surface area contributed by atoms with Gasteiger partial charge >= 0.3 is 0 Å². The molecule has 3 rings (SSSR count). The summed E-state index contributed by atoms with van der Waals surface area (Å²) in [5, 5.41) is 0.731. The van der Waals surface area contributed by atoms with Gasteiger partial charge in [-0.2, -0.15) is 0 Å². The number of hydrogen-bond donors (Lipinski definition) is 1. The molecule has 1 aromatic heterocycles. The van der Waals surface area contributed by atoms with E-state index in [1.54, 1.807) is 12.3 Å². The number of carbonyl (C=O) groups excluding carboxylic acids is 1. The van der Waals surface area contributed by atoms with Gasteiger partial charge in [0.05, 0.1) is 0 Å². The maximum absolute atomic E-state index is 13.2. The Bertz CT molecular complexity index is 826. The predicted octanol–water partition coefficient (Wildman–Crippen LogP) is 4.44. The summed E-state index contributed by atoms with van der Waals surface area (Å²) in [5.74, 6) is -2.35. The Kier molecular flexibility index (Phi) is 3.14. The molecule has 100 valence electrons. The Hall–Kier alpha value is -2.01. The lowest BCUT2D eigenvalue weighted by Crippen LogP contribution is -2.01. The average molecular weight is 336 g/mol. The molecule has 5 heteroatoms. The second-order valence-electron chi connectivity index (χ2n) is 4.35. The van der Waals surface area contributed by atoms with Crippen LogP contribution in [0.4, 0.5) is 8.78 Å². The van der Waals surface area contributed by atoms with Crippen molar-refractivity contribution in [1.82, 2.24) is 4.98 Å². The minimum atomic E-state index is -1.03. The normalized spacial score (nSPS) is 10.9. The van der Waals surface area contributed by atoms with Crippen molar-refractivity contribution in [3.05, 3.63) is 69.8 Å². The SMILES string of the molecule is O=C(c1ccc(F)c(F)c1)c1c[nH]c2ccc(Br)cc12. The van der Waals surface area contributed by atoms with Crippen LogP contribution < -0.4 is 0 Å². The number of benzene rings is 2. The Labute approximate surface area is 121 Å². The molecule has 0 saturated carbocycles. The quantitative estimate of drug-likeness (QED) is 0.690. The summed E-state index contributed by atoms with van der Waals surface area (Å²) in [6, 6.07) is 8.63. The molecule has 1 heterocycles. The zero-order valence-corrected chi connectivity index (χ0v) is 11.7. The summed E-state index contributed by atoms with van der Waals surface area (Å²) in [6.45, 7) is 0. The van der Waals surface area contributed by atoms with Crippen molar-refractivity contribution in [3.8, 4) is 0 Å². The highest BCUT2D eigenvalue weighted by Gasteiger charge is 2.16. The van der Waals surface area contributed by atoms with Crippen LogP contribution in [-0.2, 0) is 0 Å². The van der Waals surface area contributed by atoms with Crippen LogP contribution in [-0.4, -0.2) is 10.8 Å². The van der Waals surface area contributed by atoms with Gasteiger partial charge in [-0.1, -0.05) is 15.9 Å². The number of halogens is 3. The zero-order valence-electron chi connectivity index (χ0n) is 10.1. The number of ketones is 1. The monoisotopic (exact) mass is 335 g/mol. The van der Waals surface area contributed by atoms with Gasteiger partial charge in [0, 0.05) is 32.7 Å². The molecule has 0 saturated heterocycles. The van der Waals surface area contributed by atoms with E-state index in [9.17, 15) is 13.6 Å². The first-order chi connectivity index (χ1) is 9.56. The second-order valence-corrected chi connectivity index (χ2v) is 5.27. The molecule has 0 aliphatic rings. The summed E-state index contributed by atoms with van der Waals surface area (Å²) < 4.78 is 27.0. The predicted molar refractivity (Wildman–Crippen MR) is 75.8 cm³/mol. The van der Waals surface area contributed by atoms with Gasteiger partial charge in [0.15, 0.2) is 17.4 Å². The van der Waals surface area contributed by atoms with E-state index in [1.807, 2.05) is 12.1 Å². The molecule has 3 aromatic rings. The molecular formula is C15H8BrF2NO. The smallest absolute Gasteiger partial charge is 0.195 e. The fourth-order valence-electron chi connectivity index (χ4n) is 2.07. The van der Waals surface area contributed by atoms with E-state index in [2.05, 4.69) is 20.9 Å². The molecule has 0 spiro atoms. The molecule has 0 bridgehead atoms. The van der Waals surface area contributed by atoms with E-state index in [4.69, 9.17) is 0 Å². The van der Waals surface area contributed by atoms with Gasteiger partial charge in [-0.25, -0.2) is 8.78 Å². The van der Waals surface area contributed by atoms with Crippen molar-refractivity contribution >= 4 is 32.6 Å². The van der Waals surface area contributed by atoms with Crippen LogP contribution in [0.3, 0.4) is 0 Å². The Morgan fingerprint density at radius 3 is 2.60 bits per heavy atom. The van der Waals surface area contributed by atoms with Crippen LogP contribution in [0.1, 0.15) is 15.9 Å². The van der Waals surface area contributed by atoms with E-state index in [1.165, 1.54) is 6.07 Å². The minimum Gasteiger partial charge on any atom is -0.360 e. The van der Waals surface area contributed by atoms with Crippen LogP contribution in [0, 0.1) is 11.6 Å². The van der Waals surface area contributed by atoms with Gasteiger partial charge in [0.25, 0.3) is 0 Å². The highest BCUT2D eigenvalue weighted by molar-refractivity contribution is 9.10. The molecule has 2 aromatic carbocycles. The van der Waals surface area contributed by atoms with Gasteiger partial charge in [-0.05, 0) is 36.4 Å². The minimum absolute atomic E-state index is 0.116. The van der Waals surface area contributed by atoms with Crippen molar-refractivity contribution in [1.29, 1.82) is 0 Å². The lowest BCUT2D eigenvalue weighted by Gasteiger charge is -2.01. The fourth-order valence-corrected chi connectivity index (χ4v) is 2.43. The fraction of sp³-hybridized carbons (Fsp3) is 0. The van der Waals surface area contributed by atoms with E-state index >= 15 is 0 Å². The summed E-state index contributed by atoms with van der Waals surface area (Å²) in [4.78, 5) is 15.4. The number of nitrogens with one attached hydrogen (secondary N) is 1. The van der Waals surface area contributed by atoms with Crippen LogP contribution in [0.25, 0.3) is 10.9 Å². The first-order valence-corrected chi connectivity index (χ1v) is 6.62. The second kappa shape index (κ2) is 4.83. The third-order valence-electron chi connectivity index (χ3n) is 3.07. The maximum atomic E-state index is 13.2. The molecule has 0 unspecified atom stereocenters. The van der Waals surface area contributed by atoms with Crippen LogP contribution >= 0.6 is 15.9 Å². The molecule has 0 amide bonds. The standard InChI is InChI=1S/C15H8BrF2NO/c16-9-2-4-14-10(6-9)11(7-19-14)15(20)8-1-3-12(17)13(18)5-8/h1-7,19H. The molecule has 0 fully saturated rings. The lowest BCUT2D eigenvalue weighted by atomic mass is 10.0. The van der Waals surface area contributed by atoms with Crippen LogP contribution in [0.2, 0.25) is 0 Å². The number of aromatic amines is 1. The molecule has 20 heavy (non-hydrogen) atoms. The lowest BCUT2D eigenvalue weighted by molar-refractivity contribution is 0.104. The molecule has 0 radical (unpaired) electrons. The van der Waals surface area contributed by atoms with E-state index < -0.39 is 11.6 Å². The first-order valence-electron chi connectivity index (χ1n) is 5.82. The van der Waals surface area contributed by atoms with Gasteiger partial charge in [-0.3, -0.25) is 4.79 Å². The van der Waals surface area contributed by atoms with E-state index in [0.29, 0.717) is 5.56 Å². The third kappa shape index (κ3) is 2.14. The highest BCUT2D eigenvalue weighted by atomic mass is 79.9. The van der Waals surface area contributed by atoms with Crippen LogP contribution in [0.5, 0.6) is 0 Å². The van der Waals surface area contributed by atoms with Gasteiger partial charge in [0.1, 0.15) is 0 Å². The van der Waals surface area contributed by atoms with Crippen LogP contribution in [0.15, 0.2) is 47.1 Å². The largest absolute Gasteiger partial charge is 0.360 e. The maximum Gasteiger partial charge on any atom is 0.195 e. The number of rotatable bonds is 2. The molecule has 1 N–H and O–H groups in total. The van der Waals surface area contributed by atoms with Gasteiger partial charge in [-0.15, -0.1) is 0 Å². The van der Waals surface area contributed by atoms with Gasteiger partial charge in [0.2, 0.25) is 0 Å². The molecule has 0 aliphatic carbocycles. The van der Waals surface area contributed by atoms with Crippen molar-refractivity contribution in [2.75, 3.05) is 0 Å². The molecular weight excluding hydrogens is 328 g/mol. The number of aromatic nitrogens is 1. The Balaban J connectivity index is 2.12. The van der Waals surface area contributed by atoms with Crippen molar-refractivity contribution in [3.63, 3.8) is 0 Å². The Morgan fingerprint density at radius 2 is 1.85 bits per heavy atom.